The summed E-state index contributed by atoms with van der Waals surface area (Å²) in [6.07, 6.45) is 1.37. The fraction of sp³-hybridized carbons (Fsp3) is 0.200. The molecule has 27 heavy (non-hydrogen) atoms. The minimum Gasteiger partial charge on any atom is -0.372 e. The van der Waals surface area contributed by atoms with Gasteiger partial charge in [0.25, 0.3) is 5.91 Å². The highest BCUT2D eigenvalue weighted by Gasteiger charge is 2.11. The Kier molecular flexibility index (Phi) is 7.54. The van der Waals surface area contributed by atoms with Crippen molar-refractivity contribution in [1.82, 2.24) is 0 Å². The predicted molar refractivity (Wildman–Crippen MR) is 112 cm³/mol. The first-order valence-electron chi connectivity index (χ1n) is 8.46. The molecule has 1 amide bonds. The molecule has 0 fully saturated rings. The van der Waals surface area contributed by atoms with Gasteiger partial charge in [-0.25, -0.2) is 0 Å². The van der Waals surface area contributed by atoms with Crippen molar-refractivity contribution in [3.63, 3.8) is 0 Å². The average molecular weight is 403 g/mol. The Morgan fingerprint density at radius 3 is 2.37 bits per heavy atom. The van der Waals surface area contributed by atoms with Crippen LogP contribution in [0.3, 0.4) is 0 Å². The second-order valence-electron chi connectivity index (χ2n) is 5.61. The molecule has 0 atom stereocenters. The molecule has 0 aliphatic heterocycles. The molecule has 2 aromatic rings. The lowest BCUT2D eigenvalue weighted by molar-refractivity contribution is -0.112. The summed E-state index contributed by atoms with van der Waals surface area (Å²) >= 11 is 11.9. The maximum absolute atomic E-state index is 12.3. The van der Waals surface area contributed by atoms with E-state index in [9.17, 15) is 10.1 Å². The summed E-state index contributed by atoms with van der Waals surface area (Å²) in [6.45, 7) is 6.05. The van der Waals surface area contributed by atoms with Crippen LogP contribution in [0.25, 0.3) is 0 Å². The van der Waals surface area contributed by atoms with Gasteiger partial charge in [0.15, 0.2) is 0 Å². The summed E-state index contributed by atoms with van der Waals surface area (Å²) in [5.74, 6) is -0.561. The number of anilines is 3. The molecule has 2 N–H and O–H groups in total. The predicted octanol–water partition coefficient (Wildman–Crippen LogP) is 5.30. The van der Waals surface area contributed by atoms with Crippen LogP contribution in [0.5, 0.6) is 0 Å². The molecule has 7 heteroatoms. The molecule has 0 aliphatic carbocycles. The summed E-state index contributed by atoms with van der Waals surface area (Å²) in [7, 11) is 0. The zero-order valence-corrected chi connectivity index (χ0v) is 16.6. The van der Waals surface area contributed by atoms with E-state index < -0.39 is 5.91 Å². The molecule has 5 nitrogen and oxygen atoms in total. The Morgan fingerprint density at radius 1 is 1.15 bits per heavy atom. The van der Waals surface area contributed by atoms with Crippen LogP contribution in [0.2, 0.25) is 10.0 Å². The number of carbonyl (C=O) groups is 1. The quantitative estimate of drug-likeness (QED) is 0.487. The second-order valence-corrected chi connectivity index (χ2v) is 6.46. The number of nitrogens with one attached hydrogen (secondary N) is 2. The molecule has 0 spiro atoms. The van der Waals surface area contributed by atoms with E-state index in [1.807, 2.05) is 30.3 Å². The van der Waals surface area contributed by atoms with Crippen LogP contribution in [0.1, 0.15) is 13.8 Å². The summed E-state index contributed by atoms with van der Waals surface area (Å²) in [5, 5.41) is 15.6. The van der Waals surface area contributed by atoms with Crippen molar-refractivity contribution in [2.45, 2.75) is 13.8 Å². The SMILES string of the molecule is CCN(CC)c1ccc(N/C=C(/C#N)C(=O)Nc2ccc(Cl)cc2Cl)cc1. The molecule has 0 bridgehead atoms. The van der Waals surface area contributed by atoms with Crippen LogP contribution in [0, 0.1) is 11.3 Å². The van der Waals surface area contributed by atoms with Crippen molar-refractivity contribution in [3.8, 4) is 6.07 Å². The molecule has 0 unspecified atom stereocenters. The third-order valence-corrected chi connectivity index (χ3v) is 4.47. The fourth-order valence-corrected chi connectivity index (χ4v) is 2.90. The smallest absolute Gasteiger partial charge is 0.267 e. The van der Waals surface area contributed by atoms with E-state index in [1.165, 1.54) is 12.3 Å². The lowest BCUT2D eigenvalue weighted by atomic mass is 10.2. The number of nitrogens with zero attached hydrogens (tertiary/aromatic N) is 2. The van der Waals surface area contributed by atoms with Gasteiger partial charge in [-0.3, -0.25) is 4.79 Å². The van der Waals surface area contributed by atoms with E-state index in [1.54, 1.807) is 12.1 Å². The Bertz CT molecular complexity index is 869. The van der Waals surface area contributed by atoms with E-state index >= 15 is 0 Å². The van der Waals surface area contributed by atoms with E-state index in [-0.39, 0.29) is 5.57 Å². The molecule has 0 saturated carbocycles. The molecule has 2 rings (SSSR count). The summed E-state index contributed by atoms with van der Waals surface area (Å²) in [4.78, 5) is 14.5. The van der Waals surface area contributed by atoms with Gasteiger partial charge in [-0.05, 0) is 56.3 Å². The highest BCUT2D eigenvalue weighted by atomic mass is 35.5. The zero-order chi connectivity index (χ0) is 19.8. The van der Waals surface area contributed by atoms with Gasteiger partial charge >= 0.3 is 0 Å². The number of rotatable bonds is 7. The molecule has 0 radical (unpaired) electrons. The van der Waals surface area contributed by atoms with Crippen molar-refractivity contribution < 1.29 is 4.79 Å². The molecular weight excluding hydrogens is 383 g/mol. The largest absolute Gasteiger partial charge is 0.372 e. The minimum absolute atomic E-state index is 0.0752. The minimum atomic E-state index is -0.561. The Morgan fingerprint density at radius 2 is 1.81 bits per heavy atom. The van der Waals surface area contributed by atoms with E-state index in [0.29, 0.717) is 15.7 Å². The van der Waals surface area contributed by atoms with Crippen LogP contribution < -0.4 is 15.5 Å². The molecule has 140 valence electrons. The number of halogens is 2. The highest BCUT2D eigenvalue weighted by Crippen LogP contribution is 2.25. The average Bonchev–Trinajstić information content (AvgIpc) is 2.66. The van der Waals surface area contributed by atoms with E-state index in [2.05, 4.69) is 29.4 Å². The molecule has 0 heterocycles. The number of nitriles is 1. The van der Waals surface area contributed by atoms with Crippen LogP contribution in [-0.2, 0) is 4.79 Å². The van der Waals surface area contributed by atoms with Gasteiger partial charge in [0.05, 0.1) is 10.7 Å². The van der Waals surface area contributed by atoms with Crippen molar-refractivity contribution in [2.24, 2.45) is 0 Å². The first kappa shape index (κ1) is 20.6. The van der Waals surface area contributed by atoms with Gasteiger partial charge in [0.2, 0.25) is 0 Å². The lowest BCUT2D eigenvalue weighted by Crippen LogP contribution is -2.21. The van der Waals surface area contributed by atoms with E-state index in [0.717, 1.165) is 24.5 Å². The maximum Gasteiger partial charge on any atom is 0.267 e. The Balaban J connectivity index is 2.07. The molecule has 0 saturated heterocycles. The second kappa shape index (κ2) is 9.86. The van der Waals surface area contributed by atoms with Crippen molar-refractivity contribution >= 4 is 46.2 Å². The molecule has 0 aromatic heterocycles. The summed E-state index contributed by atoms with van der Waals surface area (Å²) in [5.41, 5.74) is 2.20. The standard InChI is InChI=1S/C20H20Cl2N4O/c1-3-26(4-2)17-8-6-16(7-9-17)24-13-14(12-23)20(27)25-19-10-5-15(21)11-18(19)22/h5-11,13,24H,3-4H2,1-2H3,(H,25,27)/b14-13-. The van der Waals surface area contributed by atoms with Crippen molar-refractivity contribution in [1.29, 1.82) is 5.26 Å². The number of carbonyl (C=O) groups excluding carboxylic acids is 1. The van der Waals surface area contributed by atoms with Gasteiger partial charge in [-0.1, -0.05) is 23.2 Å². The normalized spacial score (nSPS) is 10.9. The van der Waals surface area contributed by atoms with Gasteiger partial charge in [0, 0.05) is 35.7 Å². The number of amides is 1. The number of hydrogen-bond donors (Lipinski definition) is 2. The third kappa shape index (κ3) is 5.65. The monoisotopic (exact) mass is 402 g/mol. The molecular formula is C20H20Cl2N4O. The lowest BCUT2D eigenvalue weighted by Gasteiger charge is -2.21. The highest BCUT2D eigenvalue weighted by molar-refractivity contribution is 6.36. The van der Waals surface area contributed by atoms with Crippen LogP contribution in [0.15, 0.2) is 54.2 Å². The van der Waals surface area contributed by atoms with Gasteiger partial charge in [-0.2, -0.15) is 5.26 Å². The van der Waals surface area contributed by atoms with E-state index in [4.69, 9.17) is 23.2 Å². The fourth-order valence-electron chi connectivity index (χ4n) is 2.44. The Hall–Kier alpha value is -2.68. The first-order valence-corrected chi connectivity index (χ1v) is 9.22. The molecule has 0 aliphatic rings. The molecule has 2 aromatic carbocycles. The van der Waals surface area contributed by atoms with Crippen LogP contribution in [-0.4, -0.2) is 19.0 Å². The van der Waals surface area contributed by atoms with Crippen LogP contribution >= 0.6 is 23.2 Å². The maximum atomic E-state index is 12.3. The Labute approximate surface area is 169 Å². The van der Waals surface area contributed by atoms with Gasteiger partial charge in [0.1, 0.15) is 11.6 Å². The van der Waals surface area contributed by atoms with Gasteiger partial charge < -0.3 is 15.5 Å². The third-order valence-electron chi connectivity index (χ3n) is 3.92. The zero-order valence-electron chi connectivity index (χ0n) is 15.1. The van der Waals surface area contributed by atoms with Crippen LogP contribution in [0.4, 0.5) is 17.1 Å². The van der Waals surface area contributed by atoms with Crippen molar-refractivity contribution in [3.05, 3.63) is 64.3 Å². The first-order chi connectivity index (χ1) is 13.0. The van der Waals surface area contributed by atoms with Crippen molar-refractivity contribution in [2.75, 3.05) is 28.6 Å². The topological polar surface area (TPSA) is 68.2 Å². The number of benzene rings is 2. The summed E-state index contributed by atoms with van der Waals surface area (Å²) in [6, 6.07) is 14.4. The van der Waals surface area contributed by atoms with Gasteiger partial charge in [-0.15, -0.1) is 0 Å². The summed E-state index contributed by atoms with van der Waals surface area (Å²) < 4.78 is 0. The number of hydrogen-bond acceptors (Lipinski definition) is 4.